The number of rotatable bonds is 4. The summed E-state index contributed by atoms with van der Waals surface area (Å²) in [5.74, 6) is 8.58. The molecule has 130 valence electrons. The van der Waals surface area contributed by atoms with Gasteiger partial charge in [-0.05, 0) is 38.1 Å². The van der Waals surface area contributed by atoms with Crippen molar-refractivity contribution in [1.82, 2.24) is 20.3 Å². The normalized spacial score (nSPS) is 10.9. The molecule has 0 aromatic carbocycles. The minimum absolute atomic E-state index is 0.556. The van der Waals surface area contributed by atoms with E-state index in [0.29, 0.717) is 23.2 Å². The van der Waals surface area contributed by atoms with Gasteiger partial charge in [0.15, 0.2) is 11.5 Å². The van der Waals surface area contributed by atoms with Crippen molar-refractivity contribution in [3.63, 3.8) is 0 Å². The van der Waals surface area contributed by atoms with E-state index in [0.717, 1.165) is 22.5 Å². The lowest BCUT2D eigenvalue weighted by atomic mass is 10.2. The summed E-state index contributed by atoms with van der Waals surface area (Å²) in [6.07, 6.45) is 3.36. The zero-order valence-corrected chi connectivity index (χ0v) is 14.2. The van der Waals surface area contributed by atoms with Crippen LogP contribution in [0.4, 0.5) is 11.6 Å². The van der Waals surface area contributed by atoms with E-state index in [-0.39, 0.29) is 0 Å². The monoisotopic (exact) mass is 348 g/mol. The Balaban J connectivity index is 1.54. The van der Waals surface area contributed by atoms with Crippen molar-refractivity contribution in [3.8, 4) is 22.6 Å². The summed E-state index contributed by atoms with van der Waals surface area (Å²) in [7, 11) is 0. The predicted molar refractivity (Wildman–Crippen MR) is 95.3 cm³/mol. The topological polar surface area (TPSA) is 107 Å². The van der Waals surface area contributed by atoms with Crippen LogP contribution in [-0.4, -0.2) is 20.3 Å². The van der Waals surface area contributed by atoms with Crippen molar-refractivity contribution >= 4 is 11.6 Å². The second kappa shape index (κ2) is 6.41. The van der Waals surface area contributed by atoms with Crippen molar-refractivity contribution in [1.29, 1.82) is 0 Å². The molecule has 0 atom stereocenters. The van der Waals surface area contributed by atoms with Crippen LogP contribution in [0.5, 0.6) is 0 Å². The average molecular weight is 348 g/mol. The van der Waals surface area contributed by atoms with Crippen LogP contribution in [0.25, 0.3) is 22.6 Å². The first-order chi connectivity index (χ1) is 12.6. The summed E-state index contributed by atoms with van der Waals surface area (Å²) >= 11 is 0. The molecule has 4 aromatic rings. The van der Waals surface area contributed by atoms with Gasteiger partial charge in [0.2, 0.25) is 0 Å². The molecule has 0 fully saturated rings. The minimum Gasteiger partial charge on any atom is -0.356 e. The Morgan fingerprint density at radius 1 is 0.769 bits per heavy atom. The summed E-state index contributed by atoms with van der Waals surface area (Å²) < 4.78 is 10.5. The number of nitrogens with zero attached hydrogens (tertiary/aromatic N) is 5. The van der Waals surface area contributed by atoms with Crippen LogP contribution in [0, 0.1) is 13.8 Å². The minimum atomic E-state index is 0.556. The van der Waals surface area contributed by atoms with Crippen LogP contribution in [0.15, 0.2) is 57.8 Å². The summed E-state index contributed by atoms with van der Waals surface area (Å²) in [5, 5.41) is 9.15. The van der Waals surface area contributed by atoms with Gasteiger partial charge in [0, 0.05) is 35.7 Å². The molecule has 0 amide bonds. The molecule has 0 bridgehead atoms. The molecule has 0 aliphatic heterocycles. The van der Waals surface area contributed by atoms with E-state index >= 15 is 0 Å². The molecule has 0 spiro atoms. The van der Waals surface area contributed by atoms with Crippen LogP contribution >= 0.6 is 0 Å². The smallest absolute Gasteiger partial charge is 0.168 e. The first kappa shape index (κ1) is 16.0. The van der Waals surface area contributed by atoms with E-state index in [2.05, 4.69) is 20.3 Å². The van der Waals surface area contributed by atoms with Crippen LogP contribution in [0.2, 0.25) is 0 Å². The number of aryl methyl sites for hydroxylation is 2. The number of hydrogen-bond donors (Lipinski definition) is 1. The molecule has 0 aliphatic carbocycles. The third-order valence-corrected chi connectivity index (χ3v) is 3.81. The van der Waals surface area contributed by atoms with E-state index < -0.39 is 0 Å². The predicted octanol–water partition coefficient (Wildman–Crippen LogP) is 3.42. The molecule has 4 rings (SSSR count). The maximum atomic E-state index is 6.14. The van der Waals surface area contributed by atoms with Gasteiger partial charge in [-0.1, -0.05) is 10.3 Å². The quantitative estimate of drug-likeness (QED) is 0.441. The number of hydrogen-bond acceptors (Lipinski definition) is 8. The van der Waals surface area contributed by atoms with Crippen LogP contribution < -0.4 is 10.9 Å². The van der Waals surface area contributed by atoms with E-state index in [1.807, 2.05) is 38.1 Å². The third-order valence-electron chi connectivity index (χ3n) is 3.81. The van der Waals surface area contributed by atoms with Crippen molar-refractivity contribution in [2.75, 3.05) is 5.01 Å². The Bertz CT molecular complexity index is 937. The second-order valence-corrected chi connectivity index (χ2v) is 5.85. The Hall–Kier alpha value is -3.52. The molecule has 8 nitrogen and oxygen atoms in total. The van der Waals surface area contributed by atoms with E-state index in [1.165, 1.54) is 5.01 Å². The van der Waals surface area contributed by atoms with Gasteiger partial charge in [-0.15, -0.1) is 0 Å². The first-order valence-electron chi connectivity index (χ1n) is 7.94. The first-order valence-corrected chi connectivity index (χ1v) is 7.94. The van der Waals surface area contributed by atoms with Crippen LogP contribution in [-0.2, 0) is 0 Å². The van der Waals surface area contributed by atoms with Gasteiger partial charge in [0.05, 0.1) is 11.4 Å². The number of anilines is 2. The van der Waals surface area contributed by atoms with Crippen LogP contribution in [0.3, 0.4) is 0 Å². The van der Waals surface area contributed by atoms with Gasteiger partial charge < -0.3 is 9.05 Å². The molecule has 4 aromatic heterocycles. The molecular formula is C18H16N6O2. The lowest BCUT2D eigenvalue weighted by molar-refractivity contribution is 0.427. The summed E-state index contributed by atoms with van der Waals surface area (Å²) in [4.78, 5) is 8.74. The van der Waals surface area contributed by atoms with Gasteiger partial charge in [-0.2, -0.15) is 0 Å². The van der Waals surface area contributed by atoms with Gasteiger partial charge in [0.25, 0.3) is 0 Å². The SMILES string of the molecule is Cc1cc(-c2ccc(N(N)c3ccc(-c4cc(C)no4)cn3)nc2)on1. The average Bonchev–Trinajstić information content (AvgIpc) is 3.30. The lowest BCUT2D eigenvalue weighted by Crippen LogP contribution is -2.26. The number of aromatic nitrogens is 4. The number of hydrazine groups is 1. The highest BCUT2D eigenvalue weighted by molar-refractivity contribution is 5.63. The fourth-order valence-electron chi connectivity index (χ4n) is 2.47. The Labute approximate surface area is 149 Å². The molecular weight excluding hydrogens is 332 g/mol. The third kappa shape index (κ3) is 3.05. The molecule has 2 N–H and O–H groups in total. The number of nitrogens with two attached hydrogens (primary N) is 1. The molecule has 8 heteroatoms. The van der Waals surface area contributed by atoms with Gasteiger partial charge in [0.1, 0.15) is 11.6 Å². The van der Waals surface area contributed by atoms with Crippen molar-refractivity contribution in [2.24, 2.45) is 5.84 Å². The standard InChI is InChI=1S/C18H16N6O2/c1-11-7-15(25-22-11)13-3-5-17(20-9-13)24(19)18-6-4-14(10-21-18)16-8-12(2)23-26-16/h3-10H,19H2,1-2H3. The van der Waals surface area contributed by atoms with Crippen molar-refractivity contribution < 1.29 is 9.05 Å². The molecule has 0 unspecified atom stereocenters. The Morgan fingerprint density at radius 2 is 1.23 bits per heavy atom. The summed E-state index contributed by atoms with van der Waals surface area (Å²) in [5.41, 5.74) is 3.28. The maximum absolute atomic E-state index is 6.14. The zero-order chi connectivity index (χ0) is 18.1. The maximum Gasteiger partial charge on any atom is 0.168 e. The highest BCUT2D eigenvalue weighted by Gasteiger charge is 2.11. The fourth-order valence-corrected chi connectivity index (χ4v) is 2.47. The molecule has 4 heterocycles. The zero-order valence-electron chi connectivity index (χ0n) is 14.2. The van der Waals surface area contributed by atoms with Crippen molar-refractivity contribution in [3.05, 3.63) is 60.2 Å². The van der Waals surface area contributed by atoms with Gasteiger partial charge in [-0.3, -0.25) is 0 Å². The fraction of sp³-hybridized carbons (Fsp3) is 0.111. The Kier molecular flexibility index (Phi) is 3.94. The number of pyridine rings is 2. The molecule has 0 saturated heterocycles. The van der Waals surface area contributed by atoms with E-state index in [1.54, 1.807) is 24.5 Å². The second-order valence-electron chi connectivity index (χ2n) is 5.85. The summed E-state index contributed by atoms with van der Waals surface area (Å²) in [6, 6.07) is 11.0. The van der Waals surface area contributed by atoms with Gasteiger partial charge >= 0.3 is 0 Å². The molecule has 26 heavy (non-hydrogen) atoms. The highest BCUT2D eigenvalue weighted by Crippen LogP contribution is 2.25. The summed E-state index contributed by atoms with van der Waals surface area (Å²) in [6.45, 7) is 3.73. The molecule has 0 radical (unpaired) electrons. The van der Waals surface area contributed by atoms with E-state index in [9.17, 15) is 0 Å². The Morgan fingerprint density at radius 3 is 1.54 bits per heavy atom. The van der Waals surface area contributed by atoms with Gasteiger partial charge in [-0.25, -0.2) is 20.8 Å². The van der Waals surface area contributed by atoms with Crippen molar-refractivity contribution in [2.45, 2.75) is 13.8 Å². The molecule has 0 saturated carbocycles. The molecule has 0 aliphatic rings. The highest BCUT2D eigenvalue weighted by atomic mass is 16.5. The lowest BCUT2D eigenvalue weighted by Gasteiger charge is -2.16. The van der Waals surface area contributed by atoms with Crippen LogP contribution in [0.1, 0.15) is 11.4 Å². The largest absolute Gasteiger partial charge is 0.356 e. The van der Waals surface area contributed by atoms with E-state index in [4.69, 9.17) is 14.9 Å².